The number of hydrogen-bond donors (Lipinski definition) is 1. The molecule has 2 aromatic rings. The number of nitrogens with zero attached hydrogens (tertiary/aromatic N) is 2. The first-order valence-electron chi connectivity index (χ1n) is 8.40. The molecule has 4 rings (SSSR count). The number of aryl methyl sites for hydroxylation is 2. The normalized spacial score (nSPS) is 22.2. The van der Waals surface area contributed by atoms with Gasteiger partial charge in [0.25, 0.3) is 5.91 Å². The molecule has 1 atom stereocenters. The number of benzene rings is 1. The largest absolute Gasteiger partial charge is 0.348 e. The summed E-state index contributed by atoms with van der Waals surface area (Å²) in [5, 5.41) is 2.87. The molecule has 1 fully saturated rings. The van der Waals surface area contributed by atoms with E-state index in [1.807, 2.05) is 24.3 Å². The molecule has 1 aromatic carbocycles. The molecule has 0 radical (unpaired) electrons. The van der Waals surface area contributed by atoms with Gasteiger partial charge < -0.3 is 9.88 Å². The fourth-order valence-electron chi connectivity index (χ4n) is 3.93. The number of carbonyl (C=O) groups is 3. The molecule has 1 N–H and O–H groups in total. The summed E-state index contributed by atoms with van der Waals surface area (Å²) in [5.74, 6) is -0.579. The molecule has 25 heavy (non-hydrogen) atoms. The summed E-state index contributed by atoms with van der Waals surface area (Å²) in [6, 6.07) is 10.7. The van der Waals surface area contributed by atoms with E-state index in [2.05, 4.69) is 5.32 Å². The molecule has 1 aliphatic carbocycles. The minimum atomic E-state index is -1.03. The SMILES string of the molecule is Cn1cccc1C(=O)CN1C(=O)NC2(CCCc3ccccc32)C1=O. The number of hydrogen-bond acceptors (Lipinski definition) is 3. The van der Waals surface area contributed by atoms with Crippen LogP contribution < -0.4 is 5.32 Å². The van der Waals surface area contributed by atoms with Crippen molar-refractivity contribution in [3.8, 4) is 0 Å². The molecule has 0 saturated carbocycles. The van der Waals surface area contributed by atoms with Crippen LogP contribution in [0.5, 0.6) is 0 Å². The van der Waals surface area contributed by atoms with E-state index in [1.54, 1.807) is 29.9 Å². The number of fused-ring (bicyclic) bond motifs is 2. The first-order chi connectivity index (χ1) is 12.0. The molecule has 1 saturated heterocycles. The van der Waals surface area contributed by atoms with Gasteiger partial charge >= 0.3 is 6.03 Å². The third-order valence-corrected chi connectivity index (χ3v) is 5.18. The summed E-state index contributed by atoms with van der Waals surface area (Å²) in [4.78, 5) is 39.2. The Morgan fingerprint density at radius 1 is 1.20 bits per heavy atom. The first-order valence-corrected chi connectivity index (χ1v) is 8.40. The van der Waals surface area contributed by atoms with Crippen molar-refractivity contribution >= 4 is 17.7 Å². The van der Waals surface area contributed by atoms with E-state index in [9.17, 15) is 14.4 Å². The lowest BCUT2D eigenvalue weighted by Gasteiger charge is -2.33. The minimum absolute atomic E-state index is 0.244. The second kappa shape index (κ2) is 5.58. The van der Waals surface area contributed by atoms with Crippen LogP contribution in [0, 0.1) is 0 Å². The van der Waals surface area contributed by atoms with Crippen LogP contribution in [0.3, 0.4) is 0 Å². The zero-order valence-corrected chi connectivity index (χ0v) is 14.0. The summed E-state index contributed by atoms with van der Waals surface area (Å²) in [6.45, 7) is -0.244. The Labute approximate surface area is 145 Å². The van der Waals surface area contributed by atoms with Crippen LogP contribution in [0.1, 0.15) is 34.5 Å². The zero-order valence-electron chi connectivity index (χ0n) is 14.0. The van der Waals surface area contributed by atoms with Crippen molar-refractivity contribution in [2.24, 2.45) is 7.05 Å². The van der Waals surface area contributed by atoms with Crippen molar-refractivity contribution in [3.05, 3.63) is 59.4 Å². The maximum atomic E-state index is 13.1. The van der Waals surface area contributed by atoms with Gasteiger partial charge in [0, 0.05) is 13.2 Å². The van der Waals surface area contributed by atoms with Crippen LogP contribution in [0.15, 0.2) is 42.6 Å². The highest BCUT2D eigenvalue weighted by Crippen LogP contribution is 2.39. The zero-order chi connectivity index (χ0) is 17.6. The van der Waals surface area contributed by atoms with Gasteiger partial charge in [0.2, 0.25) is 0 Å². The number of aromatic nitrogens is 1. The van der Waals surface area contributed by atoms with Gasteiger partial charge in [0.1, 0.15) is 5.54 Å². The molecule has 6 heteroatoms. The summed E-state index contributed by atoms with van der Waals surface area (Å²) >= 11 is 0. The second-order valence-electron chi connectivity index (χ2n) is 6.66. The molecule has 0 bridgehead atoms. The van der Waals surface area contributed by atoms with Gasteiger partial charge in [-0.2, -0.15) is 0 Å². The van der Waals surface area contributed by atoms with Crippen LogP contribution in [0.4, 0.5) is 4.79 Å². The summed E-state index contributed by atoms with van der Waals surface area (Å²) in [5.41, 5.74) is 1.39. The monoisotopic (exact) mass is 337 g/mol. The van der Waals surface area contributed by atoms with Gasteiger partial charge in [-0.3, -0.25) is 14.5 Å². The van der Waals surface area contributed by atoms with Gasteiger partial charge in [-0.1, -0.05) is 24.3 Å². The molecule has 1 aromatic heterocycles. The fraction of sp³-hybridized carbons (Fsp3) is 0.316. The Morgan fingerprint density at radius 2 is 2.00 bits per heavy atom. The summed E-state index contributed by atoms with van der Waals surface area (Å²) in [7, 11) is 1.76. The number of carbonyl (C=O) groups excluding carboxylic acids is 3. The van der Waals surface area contributed by atoms with Crippen LogP contribution in [-0.2, 0) is 23.8 Å². The number of Topliss-reactive ketones (excluding diaryl/α,β-unsaturated/α-hetero) is 1. The van der Waals surface area contributed by atoms with E-state index in [-0.39, 0.29) is 18.2 Å². The predicted octanol–water partition coefficient (Wildman–Crippen LogP) is 1.99. The Kier molecular flexibility index (Phi) is 3.49. The Bertz CT molecular complexity index is 886. The van der Waals surface area contributed by atoms with Crippen molar-refractivity contribution in [2.45, 2.75) is 24.8 Å². The highest BCUT2D eigenvalue weighted by atomic mass is 16.2. The van der Waals surface area contributed by atoms with Crippen LogP contribution >= 0.6 is 0 Å². The van der Waals surface area contributed by atoms with Crippen LogP contribution in [0.2, 0.25) is 0 Å². The van der Waals surface area contributed by atoms with Gasteiger partial charge in [-0.25, -0.2) is 4.79 Å². The molecule has 1 unspecified atom stereocenters. The Hall–Kier alpha value is -2.89. The van der Waals surface area contributed by atoms with E-state index in [4.69, 9.17) is 0 Å². The molecule has 128 valence electrons. The third kappa shape index (κ3) is 2.28. The number of imide groups is 1. The Balaban J connectivity index is 1.66. The highest BCUT2D eigenvalue weighted by molar-refractivity contribution is 6.11. The van der Waals surface area contributed by atoms with Crippen molar-refractivity contribution in [3.63, 3.8) is 0 Å². The number of nitrogens with one attached hydrogen (secondary N) is 1. The average molecular weight is 337 g/mol. The average Bonchev–Trinajstić information content (AvgIpc) is 3.13. The van der Waals surface area contributed by atoms with Gasteiger partial charge in [-0.05, 0) is 42.5 Å². The molecule has 6 nitrogen and oxygen atoms in total. The maximum Gasteiger partial charge on any atom is 0.325 e. The lowest BCUT2D eigenvalue weighted by Crippen LogP contribution is -2.46. The topological polar surface area (TPSA) is 71.4 Å². The maximum absolute atomic E-state index is 13.1. The lowest BCUT2D eigenvalue weighted by atomic mass is 9.76. The van der Waals surface area contributed by atoms with Crippen molar-refractivity contribution in [1.82, 2.24) is 14.8 Å². The van der Waals surface area contributed by atoms with Crippen molar-refractivity contribution in [1.29, 1.82) is 0 Å². The van der Waals surface area contributed by atoms with Gasteiger partial charge in [0.05, 0.1) is 12.2 Å². The smallest absolute Gasteiger partial charge is 0.325 e. The summed E-state index contributed by atoms with van der Waals surface area (Å²) in [6.07, 6.45) is 4.04. The van der Waals surface area contributed by atoms with E-state index in [0.717, 1.165) is 28.9 Å². The van der Waals surface area contributed by atoms with Crippen LogP contribution in [0.25, 0.3) is 0 Å². The number of urea groups is 1. The Morgan fingerprint density at radius 3 is 2.76 bits per heavy atom. The van der Waals surface area contributed by atoms with E-state index < -0.39 is 11.6 Å². The molecule has 2 heterocycles. The molecule has 2 aliphatic rings. The van der Waals surface area contributed by atoms with Crippen LogP contribution in [-0.4, -0.2) is 33.7 Å². The molecular formula is C19H19N3O3. The first kappa shape index (κ1) is 15.6. The highest BCUT2D eigenvalue weighted by Gasteiger charge is 2.54. The minimum Gasteiger partial charge on any atom is -0.348 e. The number of rotatable bonds is 3. The van der Waals surface area contributed by atoms with Gasteiger partial charge in [0.15, 0.2) is 5.78 Å². The van der Waals surface area contributed by atoms with E-state index >= 15 is 0 Å². The number of amides is 3. The standard InChI is InChI=1S/C19H19N3O3/c1-21-11-5-9-15(21)16(23)12-22-17(24)19(20-18(22)25)10-4-7-13-6-2-3-8-14(13)19/h2-3,5-6,8-9,11H,4,7,10,12H2,1H3,(H,20,25). The van der Waals surface area contributed by atoms with Crippen molar-refractivity contribution in [2.75, 3.05) is 6.54 Å². The second-order valence-corrected chi connectivity index (χ2v) is 6.66. The molecule has 1 aliphatic heterocycles. The van der Waals surface area contributed by atoms with E-state index in [1.165, 1.54) is 0 Å². The third-order valence-electron chi connectivity index (χ3n) is 5.18. The lowest BCUT2D eigenvalue weighted by molar-refractivity contribution is -0.131. The van der Waals surface area contributed by atoms with E-state index in [0.29, 0.717) is 12.1 Å². The molecule has 3 amide bonds. The van der Waals surface area contributed by atoms with Gasteiger partial charge in [-0.15, -0.1) is 0 Å². The fourth-order valence-corrected chi connectivity index (χ4v) is 3.93. The quantitative estimate of drug-likeness (QED) is 0.688. The molecular weight excluding hydrogens is 318 g/mol. The predicted molar refractivity (Wildman–Crippen MR) is 91.0 cm³/mol. The van der Waals surface area contributed by atoms with Crippen molar-refractivity contribution < 1.29 is 14.4 Å². The molecule has 1 spiro atoms. The number of ketones is 1. The summed E-state index contributed by atoms with van der Waals surface area (Å²) < 4.78 is 1.69.